The molecule has 1 aliphatic rings. The minimum absolute atomic E-state index is 0.0538. The summed E-state index contributed by atoms with van der Waals surface area (Å²) in [7, 11) is -1.65. The van der Waals surface area contributed by atoms with E-state index in [2.05, 4.69) is 5.32 Å². The van der Waals surface area contributed by atoms with Crippen molar-refractivity contribution < 1.29 is 18.1 Å². The third kappa shape index (κ3) is 4.01. The van der Waals surface area contributed by atoms with Crippen LogP contribution in [0, 0.1) is 5.82 Å². The van der Waals surface area contributed by atoms with Gasteiger partial charge >= 0.3 is 0 Å². The zero-order chi connectivity index (χ0) is 14.5. The molecule has 20 heavy (non-hydrogen) atoms. The van der Waals surface area contributed by atoms with Crippen LogP contribution in [0.3, 0.4) is 0 Å². The lowest BCUT2D eigenvalue weighted by Gasteiger charge is -2.23. The number of nitrogen functional groups attached to an aromatic ring is 1. The maximum absolute atomic E-state index is 13.1. The van der Waals surface area contributed by atoms with Crippen LogP contribution in [-0.2, 0) is 20.3 Å². The molecule has 2 rings (SSSR count). The summed E-state index contributed by atoms with van der Waals surface area (Å²) in [5.41, 5.74) is 5.87. The molecule has 1 unspecified atom stereocenters. The molecule has 0 aromatic heterocycles. The smallest absolute Gasteiger partial charge is 0.233 e. The Morgan fingerprint density at radius 1 is 1.45 bits per heavy atom. The van der Waals surface area contributed by atoms with Gasteiger partial charge in [-0.2, -0.15) is 0 Å². The number of nitrogens with one attached hydrogen (secondary N) is 1. The Bertz CT molecular complexity index is 518. The van der Waals surface area contributed by atoms with E-state index in [-0.39, 0.29) is 28.3 Å². The quantitative estimate of drug-likeness (QED) is 0.806. The largest absolute Gasteiger partial charge is 0.398 e. The first-order valence-electron chi connectivity index (χ1n) is 6.37. The SMILES string of the molecule is Nc1ccc(F)cc1S(=O)CC(=O)NC1CCOCC1. The molecule has 0 spiro atoms. The minimum atomic E-state index is -1.65. The van der Waals surface area contributed by atoms with E-state index >= 15 is 0 Å². The van der Waals surface area contributed by atoms with Crippen LogP contribution in [0.2, 0.25) is 0 Å². The van der Waals surface area contributed by atoms with E-state index in [0.29, 0.717) is 13.2 Å². The zero-order valence-corrected chi connectivity index (χ0v) is 11.7. The van der Waals surface area contributed by atoms with Gasteiger partial charge in [0.25, 0.3) is 0 Å². The second kappa shape index (κ2) is 6.81. The molecule has 0 bridgehead atoms. The van der Waals surface area contributed by atoms with Crippen LogP contribution < -0.4 is 11.1 Å². The molecule has 1 aromatic rings. The van der Waals surface area contributed by atoms with Crippen molar-refractivity contribution in [3.05, 3.63) is 24.0 Å². The Balaban J connectivity index is 1.93. The first-order valence-corrected chi connectivity index (χ1v) is 7.68. The molecule has 1 heterocycles. The number of nitrogens with two attached hydrogens (primary N) is 1. The highest BCUT2D eigenvalue weighted by atomic mass is 32.2. The summed E-state index contributed by atoms with van der Waals surface area (Å²) in [5, 5.41) is 2.81. The Kier molecular flexibility index (Phi) is 5.08. The lowest BCUT2D eigenvalue weighted by atomic mass is 10.1. The summed E-state index contributed by atoms with van der Waals surface area (Å²) in [6.45, 7) is 1.23. The maximum atomic E-state index is 13.1. The molecule has 0 saturated carbocycles. The molecule has 1 aliphatic heterocycles. The van der Waals surface area contributed by atoms with Crippen LogP contribution >= 0.6 is 0 Å². The van der Waals surface area contributed by atoms with Crippen molar-refractivity contribution in [1.29, 1.82) is 0 Å². The second-order valence-corrected chi connectivity index (χ2v) is 6.05. The molecule has 1 aromatic carbocycles. The first-order chi connectivity index (χ1) is 9.56. The number of hydrogen-bond acceptors (Lipinski definition) is 4. The van der Waals surface area contributed by atoms with Crippen LogP contribution in [0.4, 0.5) is 10.1 Å². The topological polar surface area (TPSA) is 81.4 Å². The van der Waals surface area contributed by atoms with Gasteiger partial charge < -0.3 is 15.8 Å². The molecule has 110 valence electrons. The lowest BCUT2D eigenvalue weighted by Crippen LogP contribution is -2.40. The van der Waals surface area contributed by atoms with Crippen molar-refractivity contribution in [2.75, 3.05) is 24.7 Å². The van der Waals surface area contributed by atoms with E-state index < -0.39 is 16.6 Å². The fourth-order valence-electron chi connectivity index (χ4n) is 2.01. The summed E-state index contributed by atoms with van der Waals surface area (Å²) in [5.74, 6) is -1.06. The number of anilines is 1. The monoisotopic (exact) mass is 300 g/mol. The van der Waals surface area contributed by atoms with E-state index in [9.17, 15) is 13.4 Å². The molecular weight excluding hydrogens is 283 g/mol. The normalized spacial score (nSPS) is 17.6. The molecule has 3 N–H and O–H groups in total. The third-order valence-electron chi connectivity index (χ3n) is 3.07. The van der Waals surface area contributed by atoms with Gasteiger partial charge in [0.05, 0.1) is 15.7 Å². The predicted octanol–water partition coefficient (Wildman–Crippen LogP) is 0.811. The lowest BCUT2D eigenvalue weighted by molar-refractivity contribution is -0.119. The number of carbonyl (C=O) groups is 1. The van der Waals surface area contributed by atoms with Crippen molar-refractivity contribution in [3.63, 3.8) is 0 Å². The molecule has 1 fully saturated rings. The van der Waals surface area contributed by atoms with E-state index in [4.69, 9.17) is 10.5 Å². The van der Waals surface area contributed by atoms with Crippen molar-refractivity contribution in [2.24, 2.45) is 0 Å². The van der Waals surface area contributed by atoms with Crippen LogP contribution in [0.25, 0.3) is 0 Å². The van der Waals surface area contributed by atoms with Crippen LogP contribution in [0.1, 0.15) is 12.8 Å². The van der Waals surface area contributed by atoms with Gasteiger partial charge in [-0.15, -0.1) is 0 Å². The number of ether oxygens (including phenoxy) is 1. The summed E-state index contributed by atoms with van der Waals surface area (Å²) in [6, 6.07) is 3.70. The number of rotatable bonds is 4. The van der Waals surface area contributed by atoms with E-state index in [1.165, 1.54) is 12.1 Å². The first kappa shape index (κ1) is 14.9. The maximum Gasteiger partial charge on any atom is 0.233 e. The standard InChI is InChI=1S/C13H17FN2O3S/c14-9-1-2-11(15)12(7-9)20(18)8-13(17)16-10-3-5-19-6-4-10/h1-2,7,10H,3-6,8,15H2,(H,16,17). The minimum Gasteiger partial charge on any atom is -0.398 e. The molecule has 5 nitrogen and oxygen atoms in total. The second-order valence-electron chi connectivity index (χ2n) is 4.63. The summed E-state index contributed by atoms with van der Waals surface area (Å²) in [4.78, 5) is 12.0. The molecule has 7 heteroatoms. The summed E-state index contributed by atoms with van der Waals surface area (Å²) in [6.07, 6.45) is 1.50. The third-order valence-corrected chi connectivity index (χ3v) is 4.44. The van der Waals surface area contributed by atoms with Gasteiger partial charge in [-0.05, 0) is 31.0 Å². The van der Waals surface area contributed by atoms with Crippen molar-refractivity contribution in [3.8, 4) is 0 Å². The molecule has 1 saturated heterocycles. The number of benzene rings is 1. The number of amides is 1. The van der Waals surface area contributed by atoms with Gasteiger partial charge in [-0.3, -0.25) is 9.00 Å². The van der Waals surface area contributed by atoms with Crippen molar-refractivity contribution >= 4 is 22.4 Å². The van der Waals surface area contributed by atoms with E-state index in [0.717, 1.165) is 18.9 Å². The fraction of sp³-hybridized carbons (Fsp3) is 0.462. The zero-order valence-electron chi connectivity index (χ0n) is 10.9. The fourth-order valence-corrected chi connectivity index (χ4v) is 3.07. The Morgan fingerprint density at radius 2 is 2.15 bits per heavy atom. The molecule has 0 radical (unpaired) electrons. The van der Waals surface area contributed by atoms with Crippen molar-refractivity contribution in [2.45, 2.75) is 23.8 Å². The number of hydrogen-bond donors (Lipinski definition) is 2. The van der Waals surface area contributed by atoms with E-state index in [1.54, 1.807) is 0 Å². The average Bonchev–Trinajstić information content (AvgIpc) is 2.42. The van der Waals surface area contributed by atoms with Crippen LogP contribution in [0.15, 0.2) is 23.1 Å². The molecule has 0 aliphatic carbocycles. The van der Waals surface area contributed by atoms with E-state index in [1.807, 2.05) is 0 Å². The summed E-state index contributed by atoms with van der Waals surface area (Å²) >= 11 is 0. The van der Waals surface area contributed by atoms with Gasteiger partial charge in [0.2, 0.25) is 5.91 Å². The van der Waals surface area contributed by atoms with Crippen LogP contribution in [0.5, 0.6) is 0 Å². The predicted molar refractivity (Wildman–Crippen MR) is 74.1 cm³/mol. The number of carbonyl (C=O) groups excluding carboxylic acids is 1. The Labute approximate surface area is 119 Å². The van der Waals surface area contributed by atoms with Crippen LogP contribution in [-0.4, -0.2) is 35.1 Å². The highest BCUT2D eigenvalue weighted by Gasteiger charge is 2.19. The van der Waals surface area contributed by atoms with Gasteiger partial charge in [0.1, 0.15) is 11.6 Å². The average molecular weight is 300 g/mol. The van der Waals surface area contributed by atoms with Gasteiger partial charge in [0, 0.05) is 24.9 Å². The highest BCUT2D eigenvalue weighted by Crippen LogP contribution is 2.18. The Morgan fingerprint density at radius 3 is 2.85 bits per heavy atom. The molecule has 1 atom stereocenters. The number of halogens is 1. The molecule has 1 amide bonds. The van der Waals surface area contributed by atoms with Crippen molar-refractivity contribution in [1.82, 2.24) is 5.32 Å². The van der Waals surface area contributed by atoms with Gasteiger partial charge in [-0.25, -0.2) is 4.39 Å². The van der Waals surface area contributed by atoms with Gasteiger partial charge in [-0.1, -0.05) is 0 Å². The highest BCUT2D eigenvalue weighted by molar-refractivity contribution is 7.86. The van der Waals surface area contributed by atoms with Gasteiger partial charge in [0.15, 0.2) is 0 Å². The summed E-state index contributed by atoms with van der Waals surface area (Å²) < 4.78 is 30.4. The Hall–Kier alpha value is -1.47. The molecular formula is C13H17FN2O3S.